The van der Waals surface area contributed by atoms with Gasteiger partial charge in [0.05, 0.1) is 5.69 Å². The highest BCUT2D eigenvalue weighted by atomic mass is 79.9. The van der Waals surface area contributed by atoms with Gasteiger partial charge in [-0.05, 0) is 46.1 Å². The summed E-state index contributed by atoms with van der Waals surface area (Å²) in [5.41, 5.74) is 8.25. The molecular formula is C15H14BrClN2O. The fourth-order valence-corrected chi connectivity index (χ4v) is 2.48. The number of rotatable bonds is 3. The molecule has 0 saturated carbocycles. The molecule has 0 heterocycles. The van der Waals surface area contributed by atoms with Crippen molar-refractivity contribution in [1.29, 1.82) is 0 Å². The third-order valence-electron chi connectivity index (χ3n) is 2.95. The third-order valence-corrected chi connectivity index (χ3v) is 4.01. The van der Waals surface area contributed by atoms with Crippen molar-refractivity contribution in [2.75, 3.05) is 5.32 Å². The lowest BCUT2D eigenvalue weighted by Gasteiger charge is -2.14. The van der Waals surface area contributed by atoms with Gasteiger partial charge in [0.25, 0.3) is 0 Å². The number of carbonyl (C=O) groups excluding carboxylic acids is 1. The Morgan fingerprint density at radius 1 is 1.30 bits per heavy atom. The molecule has 0 spiro atoms. The molecule has 0 aliphatic carbocycles. The standard InChI is InChI=1S/C15H14BrClN2O/c1-9-7-11(16)13(8-12(9)17)19-15(20)14(18)10-5-3-2-4-6-10/h2-8,14H,18H2,1H3,(H,19,20)/t14-/m1/s1. The minimum Gasteiger partial charge on any atom is -0.323 e. The number of amides is 1. The number of hydrogen-bond donors (Lipinski definition) is 2. The van der Waals surface area contributed by atoms with Gasteiger partial charge < -0.3 is 11.1 Å². The number of carbonyl (C=O) groups is 1. The molecule has 0 saturated heterocycles. The molecule has 1 atom stereocenters. The van der Waals surface area contributed by atoms with E-state index in [9.17, 15) is 4.79 Å². The molecule has 0 aromatic heterocycles. The normalized spacial score (nSPS) is 12.0. The third kappa shape index (κ3) is 3.39. The van der Waals surface area contributed by atoms with Gasteiger partial charge in [0, 0.05) is 9.50 Å². The quantitative estimate of drug-likeness (QED) is 0.874. The number of nitrogens with one attached hydrogen (secondary N) is 1. The molecule has 104 valence electrons. The van der Waals surface area contributed by atoms with E-state index in [2.05, 4.69) is 21.2 Å². The van der Waals surface area contributed by atoms with Crippen LogP contribution in [-0.4, -0.2) is 5.91 Å². The summed E-state index contributed by atoms with van der Waals surface area (Å²) in [6.07, 6.45) is 0. The zero-order valence-electron chi connectivity index (χ0n) is 10.9. The predicted molar refractivity (Wildman–Crippen MR) is 85.9 cm³/mol. The van der Waals surface area contributed by atoms with E-state index in [0.29, 0.717) is 10.7 Å². The maximum absolute atomic E-state index is 12.2. The van der Waals surface area contributed by atoms with Crippen LogP contribution in [-0.2, 0) is 4.79 Å². The average Bonchev–Trinajstić information content (AvgIpc) is 2.44. The van der Waals surface area contributed by atoms with E-state index < -0.39 is 6.04 Å². The molecule has 0 aliphatic rings. The SMILES string of the molecule is Cc1cc(Br)c(NC(=O)[C@H](N)c2ccccc2)cc1Cl. The molecule has 2 aromatic carbocycles. The van der Waals surface area contributed by atoms with Gasteiger partial charge in [0.1, 0.15) is 6.04 Å². The molecule has 2 rings (SSSR count). The Hall–Kier alpha value is -1.36. The van der Waals surface area contributed by atoms with E-state index in [0.717, 1.165) is 15.6 Å². The first-order chi connectivity index (χ1) is 9.49. The van der Waals surface area contributed by atoms with Crippen LogP contribution in [0.25, 0.3) is 0 Å². The summed E-state index contributed by atoms with van der Waals surface area (Å²) < 4.78 is 0.771. The first-order valence-electron chi connectivity index (χ1n) is 6.06. The highest BCUT2D eigenvalue weighted by Gasteiger charge is 2.17. The summed E-state index contributed by atoms with van der Waals surface area (Å²) in [7, 11) is 0. The minimum atomic E-state index is -0.719. The zero-order valence-corrected chi connectivity index (χ0v) is 13.2. The monoisotopic (exact) mass is 352 g/mol. The molecule has 2 aromatic rings. The Balaban J connectivity index is 2.18. The fraction of sp³-hybridized carbons (Fsp3) is 0.133. The van der Waals surface area contributed by atoms with Crippen LogP contribution in [0.1, 0.15) is 17.2 Å². The highest BCUT2D eigenvalue weighted by molar-refractivity contribution is 9.10. The van der Waals surface area contributed by atoms with Crippen molar-refractivity contribution < 1.29 is 4.79 Å². The van der Waals surface area contributed by atoms with Gasteiger partial charge >= 0.3 is 0 Å². The Bertz CT molecular complexity index is 631. The van der Waals surface area contributed by atoms with Crippen LogP contribution in [0.5, 0.6) is 0 Å². The Morgan fingerprint density at radius 3 is 2.60 bits per heavy atom. The lowest BCUT2D eigenvalue weighted by molar-refractivity contribution is -0.117. The van der Waals surface area contributed by atoms with Gasteiger partial charge in [0.2, 0.25) is 5.91 Å². The van der Waals surface area contributed by atoms with Crippen LogP contribution in [0.3, 0.4) is 0 Å². The summed E-state index contributed by atoms with van der Waals surface area (Å²) in [6.45, 7) is 1.90. The Kier molecular flexibility index (Phi) is 4.81. The Morgan fingerprint density at radius 2 is 1.95 bits per heavy atom. The molecule has 3 nitrogen and oxygen atoms in total. The molecule has 20 heavy (non-hydrogen) atoms. The number of nitrogens with two attached hydrogens (primary N) is 1. The van der Waals surface area contributed by atoms with Gasteiger partial charge in [0.15, 0.2) is 0 Å². The Labute approximate surface area is 131 Å². The van der Waals surface area contributed by atoms with Gasteiger partial charge in [-0.25, -0.2) is 0 Å². The molecule has 0 fully saturated rings. The van der Waals surface area contributed by atoms with Crippen LogP contribution in [0.4, 0.5) is 5.69 Å². The smallest absolute Gasteiger partial charge is 0.245 e. The van der Waals surface area contributed by atoms with Crippen LogP contribution >= 0.6 is 27.5 Å². The number of aryl methyl sites for hydroxylation is 1. The maximum atomic E-state index is 12.2. The maximum Gasteiger partial charge on any atom is 0.245 e. The largest absolute Gasteiger partial charge is 0.323 e. The van der Waals surface area contributed by atoms with Crippen LogP contribution < -0.4 is 11.1 Å². The summed E-state index contributed by atoms with van der Waals surface area (Å²) in [5.74, 6) is -0.281. The minimum absolute atomic E-state index is 0.281. The van der Waals surface area contributed by atoms with Crippen molar-refractivity contribution >= 4 is 39.1 Å². The van der Waals surface area contributed by atoms with Crippen molar-refractivity contribution in [3.8, 4) is 0 Å². The van der Waals surface area contributed by atoms with Crippen LogP contribution in [0, 0.1) is 6.92 Å². The summed E-state index contributed by atoms with van der Waals surface area (Å²) >= 11 is 9.46. The second kappa shape index (κ2) is 6.39. The van der Waals surface area contributed by atoms with E-state index in [1.165, 1.54) is 0 Å². The first kappa shape index (κ1) is 15.0. The van der Waals surface area contributed by atoms with Crippen LogP contribution in [0.2, 0.25) is 5.02 Å². The van der Waals surface area contributed by atoms with Crippen molar-refractivity contribution in [1.82, 2.24) is 0 Å². The molecule has 0 radical (unpaired) electrons. The number of anilines is 1. The fourth-order valence-electron chi connectivity index (χ4n) is 1.76. The molecule has 1 amide bonds. The van der Waals surface area contributed by atoms with E-state index in [1.807, 2.05) is 43.3 Å². The van der Waals surface area contributed by atoms with Gasteiger partial charge in [-0.15, -0.1) is 0 Å². The van der Waals surface area contributed by atoms with Gasteiger partial charge in [-0.2, -0.15) is 0 Å². The van der Waals surface area contributed by atoms with Crippen molar-refractivity contribution in [2.24, 2.45) is 5.73 Å². The second-order valence-electron chi connectivity index (χ2n) is 4.46. The number of benzene rings is 2. The van der Waals surface area contributed by atoms with Crippen molar-refractivity contribution in [3.05, 3.63) is 63.1 Å². The van der Waals surface area contributed by atoms with Crippen molar-refractivity contribution in [3.63, 3.8) is 0 Å². The van der Waals surface area contributed by atoms with E-state index in [4.69, 9.17) is 17.3 Å². The zero-order chi connectivity index (χ0) is 14.7. The van der Waals surface area contributed by atoms with E-state index in [1.54, 1.807) is 6.07 Å². The molecule has 0 aliphatic heterocycles. The average molecular weight is 354 g/mol. The summed E-state index contributed by atoms with van der Waals surface area (Å²) in [5, 5.41) is 3.38. The van der Waals surface area contributed by atoms with E-state index in [-0.39, 0.29) is 5.91 Å². The molecular weight excluding hydrogens is 340 g/mol. The lowest BCUT2D eigenvalue weighted by Crippen LogP contribution is -2.27. The highest BCUT2D eigenvalue weighted by Crippen LogP contribution is 2.29. The number of halogens is 2. The molecule has 0 unspecified atom stereocenters. The number of hydrogen-bond acceptors (Lipinski definition) is 2. The summed E-state index contributed by atoms with van der Waals surface area (Å²) in [4.78, 5) is 12.2. The topological polar surface area (TPSA) is 55.1 Å². The van der Waals surface area contributed by atoms with Crippen LogP contribution in [0.15, 0.2) is 46.9 Å². The van der Waals surface area contributed by atoms with Gasteiger partial charge in [-0.3, -0.25) is 4.79 Å². The van der Waals surface area contributed by atoms with Crippen molar-refractivity contribution in [2.45, 2.75) is 13.0 Å². The first-order valence-corrected chi connectivity index (χ1v) is 7.23. The van der Waals surface area contributed by atoms with Gasteiger partial charge in [-0.1, -0.05) is 41.9 Å². The predicted octanol–water partition coefficient (Wildman–Crippen LogP) is 4.05. The summed E-state index contributed by atoms with van der Waals surface area (Å²) in [6, 6.07) is 12.1. The second-order valence-corrected chi connectivity index (χ2v) is 5.72. The lowest BCUT2D eigenvalue weighted by atomic mass is 10.1. The van der Waals surface area contributed by atoms with E-state index >= 15 is 0 Å². The molecule has 0 bridgehead atoms. The molecule has 3 N–H and O–H groups in total. The molecule has 5 heteroatoms.